The third-order valence-corrected chi connectivity index (χ3v) is 2.28. The molecule has 1 aromatic rings. The second kappa shape index (κ2) is 6.17. The summed E-state index contributed by atoms with van der Waals surface area (Å²) in [7, 11) is 0. The zero-order chi connectivity index (χ0) is 14.5. The summed E-state index contributed by atoms with van der Waals surface area (Å²) in [5.41, 5.74) is -0.843. The van der Waals surface area contributed by atoms with Crippen molar-refractivity contribution in [2.45, 2.75) is 32.7 Å². The Morgan fingerprint density at radius 2 is 2.00 bits per heavy atom. The molecular formula is C11H14ClN7. The van der Waals surface area contributed by atoms with E-state index in [4.69, 9.17) is 22.1 Å². The van der Waals surface area contributed by atoms with Crippen LogP contribution in [0.4, 0.5) is 11.9 Å². The lowest BCUT2D eigenvalue weighted by Crippen LogP contribution is -2.30. The number of rotatable bonds is 5. The van der Waals surface area contributed by atoms with Gasteiger partial charge in [-0.2, -0.15) is 25.5 Å². The zero-order valence-corrected chi connectivity index (χ0v) is 11.7. The van der Waals surface area contributed by atoms with Gasteiger partial charge in [0.05, 0.1) is 6.07 Å². The summed E-state index contributed by atoms with van der Waals surface area (Å²) in [6.45, 7) is 5.78. The maximum absolute atomic E-state index is 9.03. The molecule has 0 aliphatic rings. The Kier molecular flexibility index (Phi) is 4.85. The monoisotopic (exact) mass is 279 g/mol. The first kappa shape index (κ1) is 14.9. The van der Waals surface area contributed by atoms with Gasteiger partial charge in [-0.25, -0.2) is 4.90 Å². The molecule has 1 aromatic heterocycles. The smallest absolute Gasteiger partial charge is 0.244 e. The quantitative estimate of drug-likeness (QED) is 0.649. The van der Waals surface area contributed by atoms with Gasteiger partial charge in [-0.1, -0.05) is 6.92 Å². The van der Waals surface area contributed by atoms with E-state index in [0.717, 1.165) is 6.42 Å². The van der Waals surface area contributed by atoms with Crippen LogP contribution in [0.3, 0.4) is 0 Å². The second-order valence-corrected chi connectivity index (χ2v) is 4.68. The minimum atomic E-state index is -0.843. The van der Waals surface area contributed by atoms with Gasteiger partial charge in [0.2, 0.25) is 17.2 Å². The van der Waals surface area contributed by atoms with Gasteiger partial charge < -0.3 is 5.32 Å². The molecule has 0 atom stereocenters. The molecule has 0 saturated heterocycles. The number of nitrogens with one attached hydrogen (secondary N) is 1. The first-order valence-electron chi connectivity index (χ1n) is 5.70. The number of nitriles is 2. The van der Waals surface area contributed by atoms with E-state index in [1.807, 2.05) is 13.1 Å². The van der Waals surface area contributed by atoms with Crippen LogP contribution < -0.4 is 10.2 Å². The van der Waals surface area contributed by atoms with Crippen LogP contribution in [-0.4, -0.2) is 27.0 Å². The topological polar surface area (TPSA) is 102 Å². The fourth-order valence-electron chi connectivity index (χ4n) is 1.24. The molecule has 0 aliphatic carbocycles. The van der Waals surface area contributed by atoms with Crippen LogP contribution in [-0.2, 0) is 0 Å². The molecule has 0 radical (unpaired) electrons. The Morgan fingerprint density at radius 3 is 2.53 bits per heavy atom. The summed E-state index contributed by atoms with van der Waals surface area (Å²) in [6, 6.07) is 2.06. The van der Waals surface area contributed by atoms with Crippen molar-refractivity contribution in [3.8, 4) is 12.3 Å². The molecule has 1 heterocycles. The highest BCUT2D eigenvalue weighted by molar-refractivity contribution is 6.28. The zero-order valence-electron chi connectivity index (χ0n) is 11.0. The molecule has 8 heteroatoms. The largest absolute Gasteiger partial charge is 0.336 e. The molecule has 0 aliphatic heterocycles. The number of hydrogen-bond donors (Lipinski definition) is 1. The normalized spacial score (nSPS) is 10.4. The minimum Gasteiger partial charge on any atom is -0.336 e. The van der Waals surface area contributed by atoms with Crippen molar-refractivity contribution in [3.63, 3.8) is 0 Å². The first-order chi connectivity index (χ1) is 8.91. The van der Waals surface area contributed by atoms with Crippen LogP contribution in [0.15, 0.2) is 0 Å². The summed E-state index contributed by atoms with van der Waals surface area (Å²) in [4.78, 5) is 13.2. The van der Waals surface area contributed by atoms with E-state index in [0.29, 0.717) is 6.54 Å². The first-order valence-corrected chi connectivity index (χ1v) is 6.08. The average molecular weight is 280 g/mol. The van der Waals surface area contributed by atoms with Crippen molar-refractivity contribution in [2.75, 3.05) is 16.8 Å². The molecule has 0 fully saturated rings. The molecule has 1 N–H and O–H groups in total. The Morgan fingerprint density at radius 1 is 1.32 bits per heavy atom. The standard InChI is InChI=1S/C11H14ClN7/c1-4-5-19(7-14)10-16-8(12)15-9(17-10)18-11(2,3)6-13/h4-5H2,1-3H3,(H,15,16,17,18). The molecule has 0 bridgehead atoms. The molecule has 0 unspecified atom stereocenters. The van der Waals surface area contributed by atoms with E-state index in [9.17, 15) is 0 Å². The molecular weight excluding hydrogens is 266 g/mol. The van der Waals surface area contributed by atoms with Crippen LogP contribution >= 0.6 is 11.6 Å². The second-order valence-electron chi connectivity index (χ2n) is 4.34. The predicted molar refractivity (Wildman–Crippen MR) is 71.4 cm³/mol. The lowest BCUT2D eigenvalue weighted by molar-refractivity contribution is 0.713. The number of aromatic nitrogens is 3. The molecule has 1 rings (SSSR count). The number of hydrogen-bond acceptors (Lipinski definition) is 7. The third kappa shape index (κ3) is 4.23. The molecule has 7 nitrogen and oxygen atoms in total. The summed E-state index contributed by atoms with van der Waals surface area (Å²) in [5.74, 6) is 0.332. The minimum absolute atomic E-state index is 0.0300. The molecule has 100 valence electrons. The Bertz CT molecular complexity index is 529. The molecule has 0 saturated carbocycles. The van der Waals surface area contributed by atoms with Gasteiger partial charge in [0.15, 0.2) is 6.19 Å². The number of halogens is 1. The highest BCUT2D eigenvalue weighted by Crippen LogP contribution is 2.16. The van der Waals surface area contributed by atoms with E-state index < -0.39 is 5.54 Å². The highest BCUT2D eigenvalue weighted by Gasteiger charge is 2.19. The van der Waals surface area contributed by atoms with Gasteiger partial charge in [0.25, 0.3) is 0 Å². The Labute approximate surface area is 116 Å². The maximum atomic E-state index is 9.03. The molecule has 0 aromatic carbocycles. The third-order valence-electron chi connectivity index (χ3n) is 2.11. The van der Waals surface area contributed by atoms with Gasteiger partial charge in [-0.3, -0.25) is 0 Å². The van der Waals surface area contributed by atoms with Crippen LogP contribution in [0, 0.1) is 22.8 Å². The van der Waals surface area contributed by atoms with E-state index in [1.165, 1.54) is 4.90 Å². The summed E-state index contributed by atoms with van der Waals surface area (Å²) in [6.07, 6.45) is 2.75. The maximum Gasteiger partial charge on any atom is 0.244 e. The fourth-order valence-corrected chi connectivity index (χ4v) is 1.40. The Balaban J connectivity index is 3.08. The predicted octanol–water partition coefficient (Wildman–Crippen LogP) is 1.94. The number of nitrogens with zero attached hydrogens (tertiary/aromatic N) is 6. The van der Waals surface area contributed by atoms with Crippen molar-refractivity contribution in [3.05, 3.63) is 5.28 Å². The highest BCUT2D eigenvalue weighted by atomic mass is 35.5. The van der Waals surface area contributed by atoms with Crippen molar-refractivity contribution in [1.82, 2.24) is 15.0 Å². The molecule has 0 amide bonds. The van der Waals surface area contributed by atoms with Crippen LogP contribution in [0.1, 0.15) is 27.2 Å². The summed E-state index contributed by atoms with van der Waals surface area (Å²) >= 11 is 5.80. The van der Waals surface area contributed by atoms with Gasteiger partial charge in [0, 0.05) is 6.54 Å². The Hall–Kier alpha value is -2.12. The van der Waals surface area contributed by atoms with Gasteiger partial charge >= 0.3 is 0 Å². The van der Waals surface area contributed by atoms with Crippen molar-refractivity contribution in [1.29, 1.82) is 10.5 Å². The van der Waals surface area contributed by atoms with E-state index in [2.05, 4.69) is 26.3 Å². The summed E-state index contributed by atoms with van der Waals surface area (Å²) < 4.78 is 0. The lowest BCUT2D eigenvalue weighted by atomic mass is 10.1. The van der Waals surface area contributed by atoms with Gasteiger partial charge in [-0.05, 0) is 31.9 Å². The molecule has 19 heavy (non-hydrogen) atoms. The average Bonchev–Trinajstić information content (AvgIpc) is 2.34. The van der Waals surface area contributed by atoms with Crippen molar-refractivity contribution < 1.29 is 0 Å². The number of anilines is 2. The van der Waals surface area contributed by atoms with E-state index in [1.54, 1.807) is 13.8 Å². The SMILES string of the molecule is CCCN(C#N)c1nc(Cl)nc(NC(C)(C)C#N)n1. The molecule has 0 spiro atoms. The fraction of sp³-hybridized carbons (Fsp3) is 0.545. The van der Waals surface area contributed by atoms with Crippen LogP contribution in [0.25, 0.3) is 0 Å². The van der Waals surface area contributed by atoms with E-state index >= 15 is 0 Å². The van der Waals surface area contributed by atoms with Gasteiger partial charge in [0.1, 0.15) is 5.54 Å². The van der Waals surface area contributed by atoms with Crippen molar-refractivity contribution >= 4 is 23.5 Å². The van der Waals surface area contributed by atoms with E-state index in [-0.39, 0.29) is 17.2 Å². The summed E-state index contributed by atoms with van der Waals surface area (Å²) in [5, 5.41) is 20.8. The van der Waals surface area contributed by atoms with Crippen LogP contribution in [0.5, 0.6) is 0 Å². The van der Waals surface area contributed by atoms with Crippen molar-refractivity contribution in [2.24, 2.45) is 0 Å². The lowest BCUT2D eigenvalue weighted by Gasteiger charge is -2.18. The van der Waals surface area contributed by atoms with Gasteiger partial charge in [-0.15, -0.1) is 0 Å². The van der Waals surface area contributed by atoms with Crippen LogP contribution in [0.2, 0.25) is 5.28 Å².